The number of benzene rings is 2. The zero-order valence-corrected chi connectivity index (χ0v) is 11.9. The van der Waals surface area contributed by atoms with Crippen molar-refractivity contribution in [2.75, 3.05) is 24.4 Å². The van der Waals surface area contributed by atoms with Crippen molar-refractivity contribution in [2.24, 2.45) is 0 Å². The quantitative estimate of drug-likeness (QED) is 0.892. The summed E-state index contributed by atoms with van der Waals surface area (Å²) in [6, 6.07) is 12.0. The van der Waals surface area contributed by atoms with Crippen LogP contribution in [0.3, 0.4) is 0 Å². The third-order valence-corrected chi connectivity index (χ3v) is 2.79. The molecule has 0 saturated heterocycles. The van der Waals surface area contributed by atoms with Crippen molar-refractivity contribution in [2.45, 2.75) is 0 Å². The van der Waals surface area contributed by atoms with E-state index in [4.69, 9.17) is 4.74 Å². The monoisotopic (exact) mass is 302 g/mol. The van der Waals surface area contributed by atoms with Gasteiger partial charge in [0, 0.05) is 24.0 Å². The molecule has 0 saturated carbocycles. The summed E-state index contributed by atoms with van der Waals surface area (Å²) in [5.74, 6) is -1.14. The molecule has 0 heterocycles. The van der Waals surface area contributed by atoms with Gasteiger partial charge in [-0.25, -0.2) is 4.39 Å². The molecule has 2 aromatic carbocycles. The zero-order chi connectivity index (χ0) is 15.9. The van der Waals surface area contributed by atoms with Crippen LogP contribution in [-0.4, -0.2) is 25.5 Å². The lowest BCUT2D eigenvalue weighted by Crippen LogP contribution is -2.17. The fraction of sp³-hybridized carbons (Fsp3) is 0.125. The maximum absolute atomic E-state index is 13.1. The Morgan fingerprint density at radius 1 is 1.05 bits per heavy atom. The molecule has 0 radical (unpaired) electrons. The molecule has 6 heteroatoms. The van der Waals surface area contributed by atoms with Gasteiger partial charge >= 0.3 is 0 Å². The van der Waals surface area contributed by atoms with Crippen LogP contribution in [-0.2, 0) is 9.53 Å². The van der Waals surface area contributed by atoms with E-state index in [1.165, 1.54) is 25.3 Å². The van der Waals surface area contributed by atoms with Crippen LogP contribution in [0.15, 0.2) is 48.5 Å². The first kappa shape index (κ1) is 15.7. The lowest BCUT2D eigenvalue weighted by molar-refractivity contribution is -0.119. The fourth-order valence-electron chi connectivity index (χ4n) is 1.80. The summed E-state index contributed by atoms with van der Waals surface area (Å²) in [5.41, 5.74) is 1.36. The van der Waals surface area contributed by atoms with E-state index in [0.29, 0.717) is 11.4 Å². The molecular weight excluding hydrogens is 287 g/mol. The van der Waals surface area contributed by atoms with E-state index in [-0.39, 0.29) is 18.1 Å². The Labute approximate surface area is 127 Å². The van der Waals surface area contributed by atoms with Gasteiger partial charge in [-0.05, 0) is 42.5 Å². The number of hydrogen-bond donors (Lipinski definition) is 2. The second-order valence-corrected chi connectivity index (χ2v) is 4.52. The first-order valence-corrected chi connectivity index (χ1v) is 6.54. The Kier molecular flexibility index (Phi) is 5.21. The second-order valence-electron chi connectivity index (χ2n) is 4.52. The molecule has 0 unspecified atom stereocenters. The Hall–Kier alpha value is -2.73. The van der Waals surface area contributed by atoms with Crippen molar-refractivity contribution in [3.63, 3.8) is 0 Å². The number of methoxy groups -OCH3 is 1. The maximum Gasteiger partial charge on any atom is 0.255 e. The molecule has 114 valence electrons. The van der Waals surface area contributed by atoms with Crippen molar-refractivity contribution in [1.82, 2.24) is 0 Å². The summed E-state index contributed by atoms with van der Waals surface area (Å²) < 4.78 is 17.8. The molecular formula is C16H15FN2O3. The van der Waals surface area contributed by atoms with Gasteiger partial charge in [-0.1, -0.05) is 6.07 Å². The molecule has 0 aromatic heterocycles. The van der Waals surface area contributed by atoms with Crippen molar-refractivity contribution in [3.8, 4) is 0 Å². The van der Waals surface area contributed by atoms with Gasteiger partial charge in [0.05, 0.1) is 0 Å². The van der Waals surface area contributed by atoms with Gasteiger partial charge in [-0.3, -0.25) is 9.59 Å². The van der Waals surface area contributed by atoms with E-state index in [2.05, 4.69) is 10.6 Å². The highest BCUT2D eigenvalue weighted by molar-refractivity contribution is 6.04. The van der Waals surface area contributed by atoms with Crippen LogP contribution in [0, 0.1) is 5.82 Å². The molecule has 0 aliphatic heterocycles. The smallest absolute Gasteiger partial charge is 0.255 e. The first-order valence-electron chi connectivity index (χ1n) is 6.54. The van der Waals surface area contributed by atoms with Crippen LogP contribution in [0.5, 0.6) is 0 Å². The van der Waals surface area contributed by atoms with Crippen molar-refractivity contribution >= 4 is 23.2 Å². The number of rotatable bonds is 5. The predicted octanol–water partition coefficient (Wildman–Crippen LogP) is 2.66. The summed E-state index contributed by atoms with van der Waals surface area (Å²) in [4.78, 5) is 23.3. The van der Waals surface area contributed by atoms with Gasteiger partial charge in [0.15, 0.2) is 0 Å². The molecule has 22 heavy (non-hydrogen) atoms. The molecule has 0 aliphatic rings. The van der Waals surface area contributed by atoms with Gasteiger partial charge in [-0.2, -0.15) is 0 Å². The third-order valence-electron chi connectivity index (χ3n) is 2.79. The van der Waals surface area contributed by atoms with Crippen LogP contribution in [0.2, 0.25) is 0 Å². The van der Waals surface area contributed by atoms with E-state index in [0.717, 1.165) is 6.07 Å². The van der Waals surface area contributed by atoms with Crippen LogP contribution < -0.4 is 10.6 Å². The topological polar surface area (TPSA) is 67.4 Å². The molecule has 2 N–H and O–H groups in total. The summed E-state index contributed by atoms with van der Waals surface area (Å²) in [6.45, 7) is -0.0297. The molecule has 0 aliphatic carbocycles. The van der Waals surface area contributed by atoms with E-state index in [1.54, 1.807) is 24.3 Å². The van der Waals surface area contributed by atoms with E-state index >= 15 is 0 Å². The summed E-state index contributed by atoms with van der Waals surface area (Å²) in [6.07, 6.45) is 0. The fourth-order valence-corrected chi connectivity index (χ4v) is 1.80. The zero-order valence-electron chi connectivity index (χ0n) is 11.9. The van der Waals surface area contributed by atoms with Crippen LogP contribution in [0.25, 0.3) is 0 Å². The minimum atomic E-state index is -0.469. The highest BCUT2D eigenvalue weighted by Gasteiger charge is 2.07. The van der Waals surface area contributed by atoms with Crippen molar-refractivity contribution in [3.05, 3.63) is 59.9 Å². The molecule has 5 nitrogen and oxygen atoms in total. The normalized spacial score (nSPS) is 10.1. The summed E-state index contributed by atoms with van der Waals surface area (Å²) >= 11 is 0. The molecule has 0 spiro atoms. The second kappa shape index (κ2) is 7.33. The number of amides is 2. The predicted molar refractivity (Wildman–Crippen MR) is 81.3 cm³/mol. The number of carbonyl (C=O) groups excluding carboxylic acids is 2. The van der Waals surface area contributed by atoms with E-state index in [9.17, 15) is 14.0 Å². The summed E-state index contributed by atoms with van der Waals surface area (Å²) in [5, 5.41) is 5.28. The number of hydrogen-bond acceptors (Lipinski definition) is 3. The van der Waals surface area contributed by atoms with Gasteiger partial charge in [0.25, 0.3) is 5.91 Å². The Balaban J connectivity index is 1.99. The third kappa shape index (κ3) is 4.39. The average molecular weight is 302 g/mol. The van der Waals surface area contributed by atoms with Gasteiger partial charge in [0.1, 0.15) is 12.4 Å². The van der Waals surface area contributed by atoms with Crippen LogP contribution >= 0.6 is 0 Å². The number of nitrogens with one attached hydrogen (secondary N) is 2. The van der Waals surface area contributed by atoms with Crippen molar-refractivity contribution < 1.29 is 18.7 Å². The molecule has 2 aromatic rings. The lowest BCUT2D eigenvalue weighted by Gasteiger charge is -2.08. The highest BCUT2D eigenvalue weighted by atomic mass is 19.1. The maximum atomic E-state index is 13.1. The molecule has 2 amide bonds. The van der Waals surface area contributed by atoms with Gasteiger partial charge < -0.3 is 15.4 Å². The number of carbonyl (C=O) groups is 2. The molecule has 2 rings (SSSR count). The number of halogens is 1. The van der Waals surface area contributed by atoms with E-state index < -0.39 is 11.7 Å². The largest absolute Gasteiger partial charge is 0.375 e. The minimum absolute atomic E-state index is 0.0297. The van der Waals surface area contributed by atoms with Gasteiger partial charge in [-0.15, -0.1) is 0 Å². The Morgan fingerprint density at radius 2 is 1.68 bits per heavy atom. The first-order chi connectivity index (χ1) is 10.6. The van der Waals surface area contributed by atoms with Crippen LogP contribution in [0.1, 0.15) is 10.4 Å². The lowest BCUT2D eigenvalue weighted by atomic mass is 10.2. The number of anilines is 2. The van der Waals surface area contributed by atoms with Crippen LogP contribution in [0.4, 0.5) is 15.8 Å². The van der Waals surface area contributed by atoms with Gasteiger partial charge in [0.2, 0.25) is 5.91 Å². The van der Waals surface area contributed by atoms with E-state index in [1.807, 2.05) is 0 Å². The Morgan fingerprint density at radius 3 is 2.27 bits per heavy atom. The van der Waals surface area contributed by atoms with Crippen molar-refractivity contribution in [1.29, 1.82) is 0 Å². The molecule has 0 fully saturated rings. The summed E-state index contributed by atoms with van der Waals surface area (Å²) in [7, 11) is 1.44. The average Bonchev–Trinajstić information content (AvgIpc) is 2.49. The highest BCUT2D eigenvalue weighted by Crippen LogP contribution is 2.15. The standard InChI is InChI=1S/C16H15FN2O3/c1-22-10-15(20)18-13-5-7-14(8-6-13)19-16(21)11-3-2-4-12(17)9-11/h2-9H,10H2,1H3,(H,18,20)(H,19,21). The molecule has 0 atom stereocenters. The minimum Gasteiger partial charge on any atom is -0.375 e. The molecule has 0 bridgehead atoms. The number of ether oxygens (including phenoxy) is 1. The Bertz CT molecular complexity index is 671. The SMILES string of the molecule is COCC(=O)Nc1ccc(NC(=O)c2cccc(F)c2)cc1.